The van der Waals surface area contributed by atoms with Gasteiger partial charge in [-0.2, -0.15) is 0 Å². The van der Waals surface area contributed by atoms with Gasteiger partial charge in [0.1, 0.15) is 0 Å². The van der Waals surface area contributed by atoms with E-state index < -0.39 is 11.9 Å². The molecule has 0 aromatic heterocycles. The normalized spacial score (nSPS) is 28.8. The third-order valence-electron chi connectivity index (χ3n) is 3.56. The molecule has 17 heavy (non-hydrogen) atoms. The minimum absolute atomic E-state index is 0.0479. The molecule has 2 amide bonds. The monoisotopic (exact) mass is 242 g/mol. The maximum atomic E-state index is 12.1. The van der Waals surface area contributed by atoms with Crippen LogP contribution in [0.1, 0.15) is 12.8 Å². The van der Waals surface area contributed by atoms with E-state index in [1.807, 2.05) is 0 Å². The summed E-state index contributed by atoms with van der Waals surface area (Å²) in [7, 11) is 1.65. The molecule has 2 aliphatic rings. The Bertz CT molecular complexity index is 321. The summed E-state index contributed by atoms with van der Waals surface area (Å²) in [5.74, 6) is -1.21. The van der Waals surface area contributed by atoms with Gasteiger partial charge in [-0.15, -0.1) is 0 Å². The Morgan fingerprint density at radius 3 is 2.35 bits per heavy atom. The summed E-state index contributed by atoms with van der Waals surface area (Å²) in [5, 5.41) is 8.89. The largest absolute Gasteiger partial charge is 0.481 e. The van der Waals surface area contributed by atoms with E-state index in [0.29, 0.717) is 32.6 Å². The van der Waals surface area contributed by atoms with E-state index in [2.05, 4.69) is 0 Å². The van der Waals surface area contributed by atoms with Crippen molar-refractivity contribution in [1.29, 1.82) is 0 Å². The van der Waals surface area contributed by atoms with Crippen molar-refractivity contribution < 1.29 is 19.4 Å². The van der Waals surface area contributed by atoms with E-state index in [4.69, 9.17) is 9.84 Å². The number of carboxylic acids is 1. The molecular formula is C11H18N2O4. The van der Waals surface area contributed by atoms with Crippen LogP contribution in [0.15, 0.2) is 0 Å². The van der Waals surface area contributed by atoms with Gasteiger partial charge in [0.25, 0.3) is 0 Å². The maximum Gasteiger partial charge on any atom is 0.320 e. The predicted octanol–water partition coefficient (Wildman–Crippen LogP) is 0.234. The number of urea groups is 1. The Hall–Kier alpha value is -1.30. The van der Waals surface area contributed by atoms with Gasteiger partial charge >= 0.3 is 12.0 Å². The molecule has 0 aliphatic carbocycles. The van der Waals surface area contributed by atoms with Gasteiger partial charge in [0.05, 0.1) is 12.0 Å². The van der Waals surface area contributed by atoms with Crippen LogP contribution in [0.2, 0.25) is 0 Å². The lowest BCUT2D eigenvalue weighted by Crippen LogP contribution is -2.41. The van der Waals surface area contributed by atoms with Gasteiger partial charge in [-0.1, -0.05) is 0 Å². The highest BCUT2D eigenvalue weighted by atomic mass is 16.5. The van der Waals surface area contributed by atoms with Crippen molar-refractivity contribution in [2.24, 2.45) is 5.92 Å². The zero-order valence-corrected chi connectivity index (χ0v) is 9.96. The van der Waals surface area contributed by atoms with Crippen molar-refractivity contribution in [2.75, 3.05) is 33.3 Å². The Kier molecular flexibility index (Phi) is 3.51. The third kappa shape index (κ3) is 2.52. The topological polar surface area (TPSA) is 70.1 Å². The lowest BCUT2D eigenvalue weighted by atomic mass is 10.1. The second-order valence-corrected chi connectivity index (χ2v) is 4.64. The average Bonchev–Trinajstić information content (AvgIpc) is 2.97. The first-order valence-electron chi connectivity index (χ1n) is 5.91. The molecule has 96 valence electrons. The molecule has 0 bridgehead atoms. The summed E-state index contributed by atoms with van der Waals surface area (Å²) in [4.78, 5) is 26.3. The van der Waals surface area contributed by atoms with E-state index in [1.165, 1.54) is 0 Å². The zero-order valence-electron chi connectivity index (χ0n) is 9.96. The van der Waals surface area contributed by atoms with E-state index in [1.54, 1.807) is 16.9 Å². The Balaban J connectivity index is 1.87. The fourth-order valence-corrected chi connectivity index (χ4v) is 2.43. The highest BCUT2D eigenvalue weighted by Gasteiger charge is 2.35. The fraction of sp³-hybridized carbons (Fsp3) is 0.818. The molecule has 6 nitrogen and oxygen atoms in total. The first-order chi connectivity index (χ1) is 8.11. The van der Waals surface area contributed by atoms with Gasteiger partial charge in [0.2, 0.25) is 0 Å². The number of methoxy groups -OCH3 is 1. The molecule has 0 saturated carbocycles. The highest BCUT2D eigenvalue weighted by molar-refractivity contribution is 5.77. The van der Waals surface area contributed by atoms with Gasteiger partial charge in [0, 0.05) is 33.3 Å². The van der Waals surface area contributed by atoms with Crippen LogP contribution in [0.25, 0.3) is 0 Å². The standard InChI is InChI=1S/C11H18N2O4/c1-17-9-3-5-13(7-9)11(16)12-4-2-8(6-12)10(14)15/h8-9H,2-7H2,1H3,(H,14,15). The number of carboxylic acid groups (broad SMARTS) is 1. The molecule has 2 atom stereocenters. The van der Waals surface area contributed by atoms with Crippen LogP contribution in [0.5, 0.6) is 0 Å². The number of carbonyl (C=O) groups is 2. The summed E-state index contributed by atoms with van der Waals surface area (Å²) in [6.07, 6.45) is 1.54. The fourth-order valence-electron chi connectivity index (χ4n) is 2.43. The van der Waals surface area contributed by atoms with Gasteiger partial charge in [-0.3, -0.25) is 4.79 Å². The minimum atomic E-state index is -0.809. The molecule has 6 heteroatoms. The second-order valence-electron chi connectivity index (χ2n) is 4.64. The first kappa shape index (κ1) is 12.2. The Morgan fingerprint density at radius 2 is 1.82 bits per heavy atom. The molecule has 2 rings (SSSR count). The number of rotatable bonds is 2. The molecule has 0 aromatic carbocycles. The van der Waals surface area contributed by atoms with E-state index in [9.17, 15) is 9.59 Å². The van der Waals surface area contributed by atoms with Crippen LogP contribution in [0.3, 0.4) is 0 Å². The number of hydrogen-bond donors (Lipinski definition) is 1. The zero-order chi connectivity index (χ0) is 12.4. The number of amides is 2. The Morgan fingerprint density at radius 1 is 1.18 bits per heavy atom. The number of nitrogens with zero attached hydrogens (tertiary/aromatic N) is 2. The second kappa shape index (κ2) is 4.91. The average molecular weight is 242 g/mol. The van der Waals surface area contributed by atoms with Crippen molar-refractivity contribution in [3.63, 3.8) is 0 Å². The van der Waals surface area contributed by atoms with Gasteiger partial charge in [-0.25, -0.2) is 4.79 Å². The SMILES string of the molecule is COC1CCN(C(=O)N2CCC(C(=O)O)C2)C1. The molecule has 1 N–H and O–H groups in total. The van der Waals surface area contributed by atoms with Gasteiger partial charge in [-0.05, 0) is 12.8 Å². The molecule has 2 aliphatic heterocycles. The summed E-state index contributed by atoms with van der Waals surface area (Å²) >= 11 is 0. The minimum Gasteiger partial charge on any atom is -0.481 e. The van der Waals surface area contributed by atoms with Crippen molar-refractivity contribution in [2.45, 2.75) is 18.9 Å². The molecule has 0 aromatic rings. The molecule has 2 heterocycles. The molecule has 0 spiro atoms. The van der Waals surface area contributed by atoms with Crippen LogP contribution >= 0.6 is 0 Å². The number of carbonyl (C=O) groups excluding carboxylic acids is 1. The number of likely N-dealkylation sites (tertiary alicyclic amines) is 2. The predicted molar refractivity (Wildman–Crippen MR) is 59.7 cm³/mol. The smallest absolute Gasteiger partial charge is 0.320 e. The van der Waals surface area contributed by atoms with Crippen LogP contribution < -0.4 is 0 Å². The van der Waals surface area contributed by atoms with E-state index in [0.717, 1.165) is 6.42 Å². The van der Waals surface area contributed by atoms with Crippen LogP contribution in [0, 0.1) is 5.92 Å². The number of aliphatic carboxylic acids is 1. The quantitative estimate of drug-likeness (QED) is 0.752. The lowest BCUT2D eigenvalue weighted by Gasteiger charge is -2.24. The lowest BCUT2D eigenvalue weighted by molar-refractivity contribution is -0.141. The van der Waals surface area contributed by atoms with Gasteiger partial charge < -0.3 is 19.6 Å². The summed E-state index contributed by atoms with van der Waals surface area (Å²) in [5.41, 5.74) is 0. The number of ether oxygens (including phenoxy) is 1. The first-order valence-corrected chi connectivity index (χ1v) is 5.91. The third-order valence-corrected chi connectivity index (χ3v) is 3.56. The summed E-state index contributed by atoms with van der Waals surface area (Å²) in [6, 6.07) is -0.0479. The van der Waals surface area contributed by atoms with Gasteiger partial charge in [0.15, 0.2) is 0 Å². The number of hydrogen-bond acceptors (Lipinski definition) is 3. The van der Waals surface area contributed by atoms with Crippen molar-refractivity contribution in [1.82, 2.24) is 9.80 Å². The van der Waals surface area contributed by atoms with Crippen LogP contribution in [-0.2, 0) is 9.53 Å². The van der Waals surface area contributed by atoms with Crippen molar-refractivity contribution in [3.05, 3.63) is 0 Å². The molecule has 0 radical (unpaired) electrons. The van der Waals surface area contributed by atoms with E-state index in [-0.39, 0.29) is 12.1 Å². The molecular weight excluding hydrogens is 224 g/mol. The summed E-state index contributed by atoms with van der Waals surface area (Å²) in [6.45, 7) is 2.20. The molecule has 2 unspecified atom stereocenters. The molecule has 2 saturated heterocycles. The Labute approximate surface area is 100 Å². The molecule has 2 fully saturated rings. The van der Waals surface area contributed by atoms with Crippen molar-refractivity contribution >= 4 is 12.0 Å². The van der Waals surface area contributed by atoms with Crippen LogP contribution in [0.4, 0.5) is 4.79 Å². The maximum absolute atomic E-state index is 12.1. The highest BCUT2D eigenvalue weighted by Crippen LogP contribution is 2.20. The van der Waals surface area contributed by atoms with Crippen molar-refractivity contribution in [3.8, 4) is 0 Å². The summed E-state index contributed by atoms with van der Waals surface area (Å²) < 4.78 is 5.21. The van der Waals surface area contributed by atoms with E-state index >= 15 is 0 Å². The van der Waals surface area contributed by atoms with Crippen LogP contribution in [-0.4, -0.2) is 66.3 Å².